The van der Waals surface area contributed by atoms with Crippen molar-refractivity contribution in [2.45, 2.75) is 13.0 Å². The highest BCUT2D eigenvalue weighted by molar-refractivity contribution is 5.81. The van der Waals surface area contributed by atoms with Gasteiger partial charge in [-0.05, 0) is 6.92 Å². The van der Waals surface area contributed by atoms with Crippen molar-refractivity contribution in [3.8, 4) is 0 Å². The average molecular weight is 174 g/mol. The van der Waals surface area contributed by atoms with E-state index in [1.165, 1.54) is 0 Å². The van der Waals surface area contributed by atoms with Crippen molar-refractivity contribution in [3.63, 3.8) is 0 Å². The van der Waals surface area contributed by atoms with Crippen molar-refractivity contribution in [1.29, 1.82) is 0 Å². The molecule has 1 N–H and O–H groups in total. The summed E-state index contributed by atoms with van der Waals surface area (Å²) in [5.74, 6) is -0.384. The lowest BCUT2D eigenvalue weighted by atomic mass is 10.5. The Hall–Kier alpha value is -0.870. The third kappa shape index (κ3) is 7.24. The Balaban J connectivity index is 0.000000354. The molecular formula is C8H14O4. The van der Waals surface area contributed by atoms with Crippen LogP contribution in [0.1, 0.15) is 6.92 Å². The van der Waals surface area contributed by atoms with Gasteiger partial charge in [0.05, 0.1) is 6.61 Å². The molecule has 0 aliphatic carbocycles. The van der Waals surface area contributed by atoms with E-state index in [0.717, 1.165) is 6.08 Å². The second-order valence-corrected chi connectivity index (χ2v) is 2.11. The first-order chi connectivity index (χ1) is 5.74. The van der Waals surface area contributed by atoms with Gasteiger partial charge in [0.2, 0.25) is 0 Å². The van der Waals surface area contributed by atoms with Gasteiger partial charge in [-0.25, -0.2) is 4.79 Å². The monoisotopic (exact) mass is 174 g/mol. The Labute approximate surface area is 71.8 Å². The second kappa shape index (κ2) is 6.82. The number of hydrogen-bond acceptors (Lipinski definition) is 4. The van der Waals surface area contributed by atoms with Gasteiger partial charge in [0.25, 0.3) is 0 Å². The summed E-state index contributed by atoms with van der Waals surface area (Å²) in [4.78, 5) is 10.3. The second-order valence-electron chi connectivity index (χ2n) is 2.11. The number of esters is 1. The number of carbonyl (C=O) groups excluding carboxylic acids is 1. The summed E-state index contributed by atoms with van der Waals surface area (Å²) in [7, 11) is 0. The molecular weight excluding hydrogens is 160 g/mol. The van der Waals surface area contributed by atoms with Gasteiger partial charge in [0, 0.05) is 12.7 Å². The molecule has 0 aromatic rings. The van der Waals surface area contributed by atoms with Gasteiger partial charge in [0.1, 0.15) is 12.7 Å². The first-order valence-corrected chi connectivity index (χ1v) is 3.76. The standard InChI is InChI=1S/C6H8O3.C2H6O/c1-2-6(7)9-4-5-3-8-5;1-2-3/h2,5H,1,3-4H2;3H,2H2,1H3. The molecule has 0 aromatic heterocycles. The summed E-state index contributed by atoms with van der Waals surface area (Å²) in [5, 5.41) is 7.57. The van der Waals surface area contributed by atoms with Crippen LogP contribution in [0.4, 0.5) is 0 Å². The summed E-state index contributed by atoms with van der Waals surface area (Å²) in [6, 6.07) is 0. The first-order valence-electron chi connectivity index (χ1n) is 3.76. The molecule has 1 aliphatic rings. The summed E-state index contributed by atoms with van der Waals surface area (Å²) in [6.45, 7) is 6.25. The van der Waals surface area contributed by atoms with Gasteiger partial charge >= 0.3 is 5.97 Å². The van der Waals surface area contributed by atoms with Gasteiger partial charge in [-0.1, -0.05) is 6.58 Å². The van der Waals surface area contributed by atoms with Gasteiger partial charge < -0.3 is 14.6 Å². The summed E-state index contributed by atoms with van der Waals surface area (Å²) in [5.41, 5.74) is 0. The van der Waals surface area contributed by atoms with E-state index in [4.69, 9.17) is 9.84 Å². The van der Waals surface area contributed by atoms with Gasteiger partial charge in [-0.2, -0.15) is 0 Å². The fourth-order valence-electron chi connectivity index (χ4n) is 0.398. The fourth-order valence-corrected chi connectivity index (χ4v) is 0.398. The molecule has 1 saturated heterocycles. The van der Waals surface area contributed by atoms with Crippen LogP contribution in [0.25, 0.3) is 0 Å². The molecule has 0 radical (unpaired) electrons. The number of rotatable bonds is 3. The van der Waals surface area contributed by atoms with Crippen molar-refractivity contribution >= 4 is 5.97 Å². The van der Waals surface area contributed by atoms with E-state index in [9.17, 15) is 4.79 Å². The lowest BCUT2D eigenvalue weighted by Gasteiger charge is -1.94. The molecule has 4 nitrogen and oxygen atoms in total. The summed E-state index contributed by atoms with van der Waals surface area (Å²) < 4.78 is 9.42. The van der Waals surface area contributed by atoms with Crippen molar-refractivity contribution in [2.24, 2.45) is 0 Å². The number of aliphatic hydroxyl groups is 1. The highest BCUT2D eigenvalue weighted by Gasteiger charge is 2.23. The number of carbonyl (C=O) groups is 1. The third-order valence-corrected chi connectivity index (χ3v) is 0.981. The molecule has 70 valence electrons. The van der Waals surface area contributed by atoms with Gasteiger partial charge in [0.15, 0.2) is 0 Å². The van der Waals surface area contributed by atoms with Gasteiger partial charge in [-0.15, -0.1) is 0 Å². The van der Waals surface area contributed by atoms with Crippen molar-refractivity contribution in [1.82, 2.24) is 0 Å². The number of hydrogen-bond donors (Lipinski definition) is 1. The Bertz CT molecular complexity index is 140. The maximum atomic E-state index is 10.3. The van der Waals surface area contributed by atoms with E-state index in [-0.39, 0.29) is 18.7 Å². The maximum absolute atomic E-state index is 10.3. The molecule has 12 heavy (non-hydrogen) atoms. The molecule has 1 heterocycles. The molecule has 1 atom stereocenters. The van der Waals surface area contributed by atoms with Crippen LogP contribution in [0.5, 0.6) is 0 Å². The van der Waals surface area contributed by atoms with Crippen LogP contribution < -0.4 is 0 Å². The van der Waals surface area contributed by atoms with Crippen LogP contribution in [0.3, 0.4) is 0 Å². The average Bonchev–Trinajstić information content (AvgIpc) is 2.85. The molecule has 0 amide bonds. The Morgan fingerprint density at radius 2 is 2.42 bits per heavy atom. The highest BCUT2D eigenvalue weighted by atomic mass is 16.6. The molecule has 4 heteroatoms. The maximum Gasteiger partial charge on any atom is 0.330 e. The zero-order valence-electron chi connectivity index (χ0n) is 7.16. The van der Waals surface area contributed by atoms with E-state index in [1.54, 1.807) is 6.92 Å². The van der Waals surface area contributed by atoms with Crippen LogP contribution in [0, 0.1) is 0 Å². The molecule has 0 aromatic carbocycles. The minimum atomic E-state index is -0.384. The fraction of sp³-hybridized carbons (Fsp3) is 0.625. The van der Waals surface area contributed by atoms with Crippen LogP contribution >= 0.6 is 0 Å². The first kappa shape index (κ1) is 11.1. The van der Waals surface area contributed by atoms with E-state index >= 15 is 0 Å². The predicted octanol–water partition coefficient (Wildman–Crippen LogP) is 0.113. The minimum absolute atomic E-state index is 0.147. The summed E-state index contributed by atoms with van der Waals surface area (Å²) >= 11 is 0. The topological polar surface area (TPSA) is 59.1 Å². The quantitative estimate of drug-likeness (QED) is 0.375. The summed E-state index contributed by atoms with van der Waals surface area (Å²) in [6.07, 6.45) is 1.29. The normalized spacial score (nSPS) is 18.7. The Morgan fingerprint density at radius 1 is 1.92 bits per heavy atom. The van der Waals surface area contributed by atoms with Crippen molar-refractivity contribution in [3.05, 3.63) is 12.7 Å². The molecule has 0 bridgehead atoms. The Morgan fingerprint density at radius 3 is 2.75 bits per heavy atom. The number of epoxide rings is 1. The van der Waals surface area contributed by atoms with E-state index in [1.807, 2.05) is 0 Å². The van der Waals surface area contributed by atoms with Crippen LogP contribution in [-0.2, 0) is 14.3 Å². The molecule has 1 rings (SSSR count). The SMILES string of the molecule is C=CC(=O)OCC1CO1.CCO. The van der Waals surface area contributed by atoms with Crippen LogP contribution in [-0.4, -0.2) is 37.0 Å². The predicted molar refractivity (Wildman–Crippen MR) is 43.7 cm³/mol. The van der Waals surface area contributed by atoms with Crippen LogP contribution in [0.2, 0.25) is 0 Å². The van der Waals surface area contributed by atoms with Crippen molar-refractivity contribution < 1.29 is 19.4 Å². The largest absolute Gasteiger partial charge is 0.460 e. The molecule has 0 spiro atoms. The molecule has 1 aliphatic heterocycles. The highest BCUT2D eigenvalue weighted by Crippen LogP contribution is 2.08. The van der Waals surface area contributed by atoms with E-state index < -0.39 is 0 Å². The van der Waals surface area contributed by atoms with Crippen LogP contribution in [0.15, 0.2) is 12.7 Å². The molecule has 1 unspecified atom stereocenters. The zero-order valence-corrected chi connectivity index (χ0v) is 7.16. The number of aliphatic hydroxyl groups excluding tert-OH is 1. The lowest BCUT2D eigenvalue weighted by molar-refractivity contribution is -0.138. The smallest absolute Gasteiger partial charge is 0.330 e. The Kier molecular flexibility index (Phi) is 6.32. The lowest BCUT2D eigenvalue weighted by Crippen LogP contribution is -2.06. The molecule has 0 saturated carbocycles. The van der Waals surface area contributed by atoms with E-state index in [0.29, 0.717) is 13.2 Å². The van der Waals surface area contributed by atoms with E-state index in [2.05, 4.69) is 11.3 Å². The minimum Gasteiger partial charge on any atom is -0.460 e. The number of ether oxygens (including phenoxy) is 2. The molecule has 1 fully saturated rings. The van der Waals surface area contributed by atoms with Crippen molar-refractivity contribution in [2.75, 3.05) is 19.8 Å². The van der Waals surface area contributed by atoms with Gasteiger partial charge in [-0.3, -0.25) is 0 Å². The zero-order chi connectivity index (χ0) is 9.40. The third-order valence-electron chi connectivity index (χ3n) is 0.981.